The minimum absolute atomic E-state index is 0.520. The number of hydrogen-bond acceptors (Lipinski definition) is 3. The third-order valence-electron chi connectivity index (χ3n) is 3.68. The van der Waals surface area contributed by atoms with Gasteiger partial charge in [-0.3, -0.25) is 0 Å². The first-order chi connectivity index (χ1) is 8.78. The Kier molecular flexibility index (Phi) is 3.12. The van der Waals surface area contributed by atoms with E-state index in [9.17, 15) is 4.39 Å². The predicted molar refractivity (Wildman–Crippen MR) is 66.9 cm³/mol. The monoisotopic (exact) mass is 251 g/mol. The first-order valence-corrected chi connectivity index (χ1v) is 6.58. The fourth-order valence-electron chi connectivity index (χ4n) is 2.64. The highest BCUT2D eigenvalue weighted by Crippen LogP contribution is 2.40. The van der Waals surface area contributed by atoms with Crippen molar-refractivity contribution >= 4 is 0 Å². The quantitative estimate of drug-likeness (QED) is 0.831. The molecule has 0 spiro atoms. The summed E-state index contributed by atoms with van der Waals surface area (Å²) in [4.78, 5) is 0. The molecule has 1 aromatic rings. The molecule has 0 aliphatic carbocycles. The maximum Gasteiger partial charge on any atom is 0.161 e. The fourth-order valence-corrected chi connectivity index (χ4v) is 2.64. The SMILES string of the molecule is FC1(c2ccc3c(c2)OCCO3)CCCNCC1. The van der Waals surface area contributed by atoms with E-state index in [0.29, 0.717) is 31.8 Å². The van der Waals surface area contributed by atoms with Crippen molar-refractivity contribution in [2.75, 3.05) is 26.3 Å². The summed E-state index contributed by atoms with van der Waals surface area (Å²) < 4.78 is 26.0. The third-order valence-corrected chi connectivity index (χ3v) is 3.68. The fraction of sp³-hybridized carbons (Fsp3) is 0.571. The summed E-state index contributed by atoms with van der Waals surface area (Å²) in [6.45, 7) is 2.73. The van der Waals surface area contributed by atoms with Crippen molar-refractivity contribution in [3.63, 3.8) is 0 Å². The lowest BCUT2D eigenvalue weighted by Crippen LogP contribution is -2.23. The molecule has 18 heavy (non-hydrogen) atoms. The topological polar surface area (TPSA) is 30.5 Å². The van der Waals surface area contributed by atoms with Crippen LogP contribution >= 0.6 is 0 Å². The Hall–Kier alpha value is -1.29. The Labute approximate surface area is 106 Å². The standard InChI is InChI=1S/C14H18FNO2/c15-14(4-1-6-16-7-5-14)11-2-3-12-13(10-11)18-9-8-17-12/h2-3,10,16H,1,4-9H2. The molecule has 2 aliphatic rings. The van der Waals surface area contributed by atoms with E-state index in [1.807, 2.05) is 12.1 Å². The molecule has 2 heterocycles. The van der Waals surface area contributed by atoms with Crippen LogP contribution in [0.2, 0.25) is 0 Å². The summed E-state index contributed by atoms with van der Waals surface area (Å²) in [5, 5.41) is 3.24. The molecular weight excluding hydrogens is 233 g/mol. The molecule has 4 heteroatoms. The summed E-state index contributed by atoms with van der Waals surface area (Å²) in [5.41, 5.74) is -0.519. The van der Waals surface area contributed by atoms with Gasteiger partial charge < -0.3 is 14.8 Å². The zero-order valence-electron chi connectivity index (χ0n) is 10.4. The van der Waals surface area contributed by atoms with Gasteiger partial charge in [0.2, 0.25) is 0 Å². The van der Waals surface area contributed by atoms with Crippen LogP contribution in [0.25, 0.3) is 0 Å². The number of halogens is 1. The summed E-state index contributed by atoms with van der Waals surface area (Å²) in [6, 6.07) is 5.46. The molecule has 1 unspecified atom stereocenters. The minimum Gasteiger partial charge on any atom is -0.486 e. The van der Waals surface area contributed by atoms with Crippen LogP contribution in [0.15, 0.2) is 18.2 Å². The molecule has 1 aromatic carbocycles. The summed E-state index contributed by atoms with van der Waals surface area (Å²) in [5.74, 6) is 1.40. The summed E-state index contributed by atoms with van der Waals surface area (Å²) in [6.07, 6.45) is 1.96. The van der Waals surface area contributed by atoms with Crippen molar-refractivity contribution < 1.29 is 13.9 Å². The Morgan fingerprint density at radius 2 is 1.89 bits per heavy atom. The Morgan fingerprint density at radius 3 is 2.78 bits per heavy atom. The lowest BCUT2D eigenvalue weighted by molar-refractivity contribution is 0.141. The normalized spacial score (nSPS) is 27.6. The molecule has 2 aliphatic heterocycles. The van der Waals surface area contributed by atoms with E-state index in [2.05, 4.69) is 5.32 Å². The van der Waals surface area contributed by atoms with Crippen LogP contribution in [0.5, 0.6) is 11.5 Å². The zero-order valence-corrected chi connectivity index (χ0v) is 10.4. The summed E-state index contributed by atoms with van der Waals surface area (Å²) in [7, 11) is 0. The zero-order chi connectivity index (χ0) is 12.4. The molecule has 1 atom stereocenters. The van der Waals surface area contributed by atoms with Crippen LogP contribution in [-0.2, 0) is 5.67 Å². The number of hydrogen-bond donors (Lipinski definition) is 1. The number of benzene rings is 1. The molecule has 1 fully saturated rings. The molecule has 1 saturated heterocycles. The van der Waals surface area contributed by atoms with Crippen molar-refractivity contribution in [2.45, 2.75) is 24.9 Å². The average Bonchev–Trinajstić information content (AvgIpc) is 2.64. The van der Waals surface area contributed by atoms with Crippen molar-refractivity contribution in [3.8, 4) is 11.5 Å². The first-order valence-electron chi connectivity index (χ1n) is 6.58. The van der Waals surface area contributed by atoms with Crippen LogP contribution in [0.1, 0.15) is 24.8 Å². The van der Waals surface area contributed by atoms with Crippen LogP contribution < -0.4 is 14.8 Å². The molecule has 98 valence electrons. The van der Waals surface area contributed by atoms with Crippen molar-refractivity contribution in [2.24, 2.45) is 0 Å². The highest BCUT2D eigenvalue weighted by Gasteiger charge is 2.33. The van der Waals surface area contributed by atoms with Crippen molar-refractivity contribution in [1.82, 2.24) is 5.32 Å². The largest absolute Gasteiger partial charge is 0.486 e. The molecule has 0 bridgehead atoms. The first kappa shape index (κ1) is 11.8. The van der Waals surface area contributed by atoms with Gasteiger partial charge in [-0.25, -0.2) is 4.39 Å². The van der Waals surface area contributed by atoms with Gasteiger partial charge in [-0.05, 0) is 50.0 Å². The second kappa shape index (κ2) is 4.76. The molecule has 3 nitrogen and oxygen atoms in total. The number of rotatable bonds is 1. The van der Waals surface area contributed by atoms with Gasteiger partial charge in [-0.1, -0.05) is 6.07 Å². The number of alkyl halides is 1. The van der Waals surface area contributed by atoms with E-state index in [-0.39, 0.29) is 0 Å². The van der Waals surface area contributed by atoms with Crippen molar-refractivity contribution in [3.05, 3.63) is 23.8 Å². The van der Waals surface area contributed by atoms with Crippen LogP contribution in [-0.4, -0.2) is 26.3 Å². The average molecular weight is 251 g/mol. The highest BCUT2D eigenvalue weighted by atomic mass is 19.1. The maximum absolute atomic E-state index is 15.0. The lowest BCUT2D eigenvalue weighted by Gasteiger charge is -2.26. The van der Waals surface area contributed by atoms with E-state index < -0.39 is 5.67 Å². The van der Waals surface area contributed by atoms with E-state index in [0.717, 1.165) is 30.8 Å². The van der Waals surface area contributed by atoms with Gasteiger partial charge in [0.15, 0.2) is 11.5 Å². The summed E-state index contributed by atoms with van der Waals surface area (Å²) >= 11 is 0. The smallest absolute Gasteiger partial charge is 0.161 e. The van der Waals surface area contributed by atoms with Crippen LogP contribution in [0.3, 0.4) is 0 Å². The van der Waals surface area contributed by atoms with Crippen LogP contribution in [0.4, 0.5) is 4.39 Å². The number of nitrogens with one attached hydrogen (secondary N) is 1. The second-order valence-corrected chi connectivity index (χ2v) is 4.93. The Morgan fingerprint density at radius 1 is 1.06 bits per heavy atom. The molecule has 0 amide bonds. The van der Waals surface area contributed by atoms with E-state index in [1.54, 1.807) is 6.07 Å². The molecular formula is C14H18FNO2. The van der Waals surface area contributed by atoms with Gasteiger partial charge in [0, 0.05) is 0 Å². The van der Waals surface area contributed by atoms with Gasteiger partial charge in [0.1, 0.15) is 18.9 Å². The van der Waals surface area contributed by atoms with Crippen molar-refractivity contribution in [1.29, 1.82) is 0 Å². The second-order valence-electron chi connectivity index (χ2n) is 4.93. The minimum atomic E-state index is -1.24. The number of fused-ring (bicyclic) bond motifs is 1. The lowest BCUT2D eigenvalue weighted by atomic mass is 9.88. The van der Waals surface area contributed by atoms with E-state index in [4.69, 9.17) is 9.47 Å². The highest BCUT2D eigenvalue weighted by molar-refractivity contribution is 5.45. The van der Waals surface area contributed by atoms with Gasteiger partial charge in [-0.15, -0.1) is 0 Å². The Balaban J connectivity index is 1.90. The van der Waals surface area contributed by atoms with E-state index >= 15 is 0 Å². The Bertz CT molecular complexity index is 428. The van der Waals surface area contributed by atoms with Gasteiger partial charge >= 0.3 is 0 Å². The molecule has 0 radical (unpaired) electrons. The molecule has 0 aromatic heterocycles. The molecule has 3 rings (SSSR count). The van der Waals surface area contributed by atoms with Gasteiger partial charge in [-0.2, -0.15) is 0 Å². The van der Waals surface area contributed by atoms with Crippen LogP contribution in [0, 0.1) is 0 Å². The van der Waals surface area contributed by atoms with Gasteiger partial charge in [0.05, 0.1) is 0 Å². The predicted octanol–water partition coefficient (Wildman–Crippen LogP) is 2.40. The van der Waals surface area contributed by atoms with E-state index in [1.165, 1.54) is 0 Å². The molecule has 1 N–H and O–H groups in total. The molecule has 0 saturated carbocycles. The third kappa shape index (κ3) is 2.17. The maximum atomic E-state index is 15.0. The van der Waals surface area contributed by atoms with Gasteiger partial charge in [0.25, 0.3) is 0 Å². The number of ether oxygens (including phenoxy) is 2.